The second kappa shape index (κ2) is 12.0. The topological polar surface area (TPSA) is 114 Å². The summed E-state index contributed by atoms with van der Waals surface area (Å²) in [6.45, 7) is 0.796. The first-order chi connectivity index (χ1) is 17.9. The largest absolute Gasteiger partial charge is 0.459 e. The highest BCUT2D eigenvalue weighted by molar-refractivity contribution is 5.91. The summed E-state index contributed by atoms with van der Waals surface area (Å²) in [5.41, 5.74) is 0.782. The van der Waals surface area contributed by atoms with Crippen LogP contribution in [-0.2, 0) is 28.5 Å². The zero-order valence-corrected chi connectivity index (χ0v) is 19.9. The molecule has 0 bridgehead atoms. The predicted molar refractivity (Wildman–Crippen MR) is 128 cm³/mol. The third-order valence-corrected chi connectivity index (χ3v) is 5.44. The van der Waals surface area contributed by atoms with Crippen molar-refractivity contribution in [1.29, 1.82) is 0 Å². The Morgan fingerprint density at radius 1 is 0.622 bits per heavy atom. The Hall–Kier alpha value is -4.50. The van der Waals surface area contributed by atoms with E-state index in [2.05, 4.69) is 0 Å². The average Bonchev–Trinajstić information content (AvgIpc) is 3.23. The summed E-state index contributed by atoms with van der Waals surface area (Å²) >= 11 is 0. The maximum Gasteiger partial charge on any atom is 0.338 e. The molecule has 37 heavy (non-hydrogen) atoms. The molecule has 190 valence electrons. The normalized spacial score (nSPS) is 20.5. The van der Waals surface area contributed by atoms with Gasteiger partial charge in [0.25, 0.3) is 0 Å². The van der Waals surface area contributed by atoms with Crippen LogP contribution < -0.4 is 0 Å². The first-order valence-electron chi connectivity index (χ1n) is 11.5. The number of esters is 4. The molecule has 9 nitrogen and oxygen atoms in total. The first-order valence-corrected chi connectivity index (χ1v) is 11.5. The molecule has 0 spiro atoms. The van der Waals surface area contributed by atoms with E-state index >= 15 is 0 Å². The molecule has 0 N–H and O–H groups in total. The second-order valence-corrected chi connectivity index (χ2v) is 8.09. The van der Waals surface area contributed by atoms with Crippen molar-refractivity contribution >= 4 is 23.9 Å². The van der Waals surface area contributed by atoms with Gasteiger partial charge in [-0.15, -0.1) is 0 Å². The van der Waals surface area contributed by atoms with Crippen LogP contribution in [0.4, 0.5) is 0 Å². The van der Waals surface area contributed by atoms with Crippen LogP contribution in [0.2, 0.25) is 0 Å². The predicted octanol–water partition coefficient (Wildman–Crippen LogP) is 3.58. The molecule has 1 unspecified atom stereocenters. The van der Waals surface area contributed by atoms with E-state index in [-0.39, 0.29) is 17.7 Å². The van der Waals surface area contributed by atoms with E-state index in [1.807, 2.05) is 0 Å². The van der Waals surface area contributed by atoms with Crippen molar-refractivity contribution in [2.75, 3.05) is 6.61 Å². The zero-order valence-electron chi connectivity index (χ0n) is 19.9. The van der Waals surface area contributed by atoms with Crippen molar-refractivity contribution in [3.63, 3.8) is 0 Å². The third kappa shape index (κ3) is 6.59. The number of hydrogen-bond donors (Lipinski definition) is 0. The molecule has 0 saturated carbocycles. The van der Waals surface area contributed by atoms with Crippen LogP contribution in [0.5, 0.6) is 0 Å². The molecule has 4 atom stereocenters. The van der Waals surface area contributed by atoms with Crippen LogP contribution in [0.15, 0.2) is 91.0 Å². The highest BCUT2D eigenvalue weighted by atomic mass is 16.8. The van der Waals surface area contributed by atoms with E-state index in [4.69, 9.17) is 23.7 Å². The van der Waals surface area contributed by atoms with Gasteiger partial charge in [0, 0.05) is 6.92 Å². The standard InChI is InChI=1S/C28H24O9/c1-18(29)34-28-24(37-27(32)21-15-9-4-10-16-21)23(36-26(31)20-13-7-3-8-14-20)22(35-28)17-33-25(30)19-11-5-2-6-12-19/h2-16,22-24,28H,17H2,1H3/t22-,23+,24+,28?/m0/s1. The minimum atomic E-state index is -1.40. The van der Waals surface area contributed by atoms with Gasteiger partial charge in [0.05, 0.1) is 16.7 Å². The lowest BCUT2D eigenvalue weighted by Gasteiger charge is -2.24. The minimum absolute atomic E-state index is 0.233. The quantitative estimate of drug-likeness (QED) is 0.335. The van der Waals surface area contributed by atoms with Crippen molar-refractivity contribution in [3.05, 3.63) is 108 Å². The summed E-state index contributed by atoms with van der Waals surface area (Å²) in [6, 6.07) is 24.6. The molecule has 1 aliphatic heterocycles. The average molecular weight is 504 g/mol. The second-order valence-electron chi connectivity index (χ2n) is 8.09. The van der Waals surface area contributed by atoms with Crippen molar-refractivity contribution in [2.45, 2.75) is 31.5 Å². The van der Waals surface area contributed by atoms with Gasteiger partial charge in [0.1, 0.15) is 12.7 Å². The maximum absolute atomic E-state index is 12.9. The molecule has 4 rings (SSSR count). The summed E-state index contributed by atoms with van der Waals surface area (Å²) in [5.74, 6) is -2.81. The lowest BCUT2D eigenvalue weighted by molar-refractivity contribution is -0.187. The molecule has 9 heteroatoms. The van der Waals surface area contributed by atoms with Gasteiger partial charge in [-0.3, -0.25) is 4.79 Å². The van der Waals surface area contributed by atoms with Crippen LogP contribution in [0.1, 0.15) is 38.0 Å². The van der Waals surface area contributed by atoms with Crippen LogP contribution >= 0.6 is 0 Å². The fraction of sp³-hybridized carbons (Fsp3) is 0.214. The van der Waals surface area contributed by atoms with E-state index in [1.54, 1.807) is 91.0 Å². The van der Waals surface area contributed by atoms with Crippen molar-refractivity contribution < 1.29 is 42.9 Å². The van der Waals surface area contributed by atoms with Gasteiger partial charge >= 0.3 is 23.9 Å². The van der Waals surface area contributed by atoms with Gasteiger partial charge in [-0.1, -0.05) is 54.6 Å². The summed E-state index contributed by atoms with van der Waals surface area (Å²) in [5, 5.41) is 0. The molecular weight excluding hydrogens is 480 g/mol. The highest BCUT2D eigenvalue weighted by Crippen LogP contribution is 2.30. The summed E-state index contributed by atoms with van der Waals surface area (Å²) in [7, 11) is 0. The fourth-order valence-corrected chi connectivity index (χ4v) is 3.70. The van der Waals surface area contributed by atoms with Gasteiger partial charge in [-0.25, -0.2) is 14.4 Å². The lowest BCUT2D eigenvalue weighted by Crippen LogP contribution is -2.42. The minimum Gasteiger partial charge on any atom is -0.459 e. The molecule has 0 amide bonds. The van der Waals surface area contributed by atoms with Crippen molar-refractivity contribution in [2.24, 2.45) is 0 Å². The maximum atomic E-state index is 12.9. The number of rotatable bonds is 8. The smallest absolute Gasteiger partial charge is 0.338 e. The molecule has 1 saturated heterocycles. The van der Waals surface area contributed by atoms with Crippen molar-refractivity contribution in [1.82, 2.24) is 0 Å². The fourth-order valence-electron chi connectivity index (χ4n) is 3.70. The number of carbonyl (C=O) groups excluding carboxylic acids is 4. The third-order valence-electron chi connectivity index (χ3n) is 5.44. The van der Waals surface area contributed by atoms with Gasteiger partial charge < -0.3 is 23.7 Å². The number of benzene rings is 3. The van der Waals surface area contributed by atoms with Crippen LogP contribution in [-0.4, -0.2) is 55.1 Å². The zero-order chi connectivity index (χ0) is 26.2. The Kier molecular flexibility index (Phi) is 8.27. The lowest BCUT2D eigenvalue weighted by atomic mass is 10.1. The molecule has 1 fully saturated rings. The molecule has 1 aliphatic rings. The van der Waals surface area contributed by atoms with Crippen LogP contribution in [0, 0.1) is 0 Å². The number of hydrogen-bond acceptors (Lipinski definition) is 9. The van der Waals surface area contributed by atoms with Crippen LogP contribution in [0.3, 0.4) is 0 Å². The Labute approximate surface area is 212 Å². The molecule has 1 heterocycles. The van der Waals surface area contributed by atoms with Gasteiger partial charge in [-0.05, 0) is 36.4 Å². The highest BCUT2D eigenvalue weighted by Gasteiger charge is 2.52. The molecule has 0 aliphatic carbocycles. The van der Waals surface area contributed by atoms with E-state index in [1.165, 1.54) is 0 Å². The Bertz CT molecular complexity index is 1230. The number of carbonyl (C=O) groups is 4. The van der Waals surface area contributed by atoms with E-state index in [9.17, 15) is 19.2 Å². The monoisotopic (exact) mass is 504 g/mol. The number of ether oxygens (including phenoxy) is 5. The molecule has 3 aromatic carbocycles. The SMILES string of the molecule is CC(=O)OC1O[C@@H](COC(=O)c2ccccc2)[C@@H](OC(=O)c2ccccc2)[C@H]1OC(=O)c1ccccc1. The summed E-state index contributed by atoms with van der Waals surface area (Å²) in [6.07, 6.45) is -5.09. The van der Waals surface area contributed by atoms with E-state index in [0.717, 1.165) is 6.92 Å². The molecule has 0 radical (unpaired) electrons. The molecule has 3 aromatic rings. The Morgan fingerprint density at radius 3 is 1.51 bits per heavy atom. The summed E-state index contributed by atoms with van der Waals surface area (Å²) < 4.78 is 27.7. The Balaban J connectivity index is 1.58. The van der Waals surface area contributed by atoms with Crippen molar-refractivity contribution in [3.8, 4) is 0 Å². The molecule has 0 aromatic heterocycles. The Morgan fingerprint density at radius 2 is 1.05 bits per heavy atom. The van der Waals surface area contributed by atoms with Crippen LogP contribution in [0.25, 0.3) is 0 Å². The van der Waals surface area contributed by atoms with Gasteiger partial charge in [0.2, 0.25) is 12.4 Å². The molecular formula is C28H24O9. The summed E-state index contributed by atoms with van der Waals surface area (Å²) in [4.78, 5) is 50.0. The van der Waals surface area contributed by atoms with Gasteiger partial charge in [-0.2, -0.15) is 0 Å². The van der Waals surface area contributed by atoms with Gasteiger partial charge in [0.15, 0.2) is 6.10 Å². The van der Waals surface area contributed by atoms with E-state index < -0.39 is 48.5 Å². The first kappa shape index (κ1) is 25.6. The van der Waals surface area contributed by atoms with E-state index in [0.29, 0.717) is 5.56 Å².